The van der Waals surface area contributed by atoms with E-state index in [1.54, 1.807) is 33.9 Å². The highest BCUT2D eigenvalue weighted by Gasteiger charge is 2.40. The van der Waals surface area contributed by atoms with E-state index in [4.69, 9.17) is 19.4 Å². The van der Waals surface area contributed by atoms with Crippen LogP contribution in [0.4, 0.5) is 34.5 Å². The summed E-state index contributed by atoms with van der Waals surface area (Å²) in [6.07, 6.45) is 2.36. The van der Waals surface area contributed by atoms with Gasteiger partial charge in [-0.05, 0) is 65.1 Å². The third kappa shape index (κ3) is 6.85. The Kier molecular flexibility index (Phi) is 9.40. The number of esters is 1. The number of methoxy groups -OCH3 is 1. The second kappa shape index (κ2) is 13.3. The summed E-state index contributed by atoms with van der Waals surface area (Å²) in [7, 11) is 5.68. The summed E-state index contributed by atoms with van der Waals surface area (Å²) < 4.78 is 11.4. The van der Waals surface area contributed by atoms with Crippen molar-refractivity contribution in [3.05, 3.63) is 60.1 Å². The second-order valence-corrected chi connectivity index (χ2v) is 12.7. The fourth-order valence-corrected chi connectivity index (χ4v) is 5.65. The number of nitrogens with one attached hydrogen (secondary N) is 2. The predicted molar refractivity (Wildman–Crippen MR) is 184 cm³/mol. The highest BCUT2D eigenvalue weighted by atomic mass is 16.5. The number of ether oxygens (including phenoxy) is 2. The van der Waals surface area contributed by atoms with Crippen molar-refractivity contribution in [1.29, 1.82) is 0 Å². The van der Waals surface area contributed by atoms with Gasteiger partial charge in [0, 0.05) is 43.4 Å². The molecule has 0 saturated carbocycles. The van der Waals surface area contributed by atoms with Gasteiger partial charge in [-0.25, -0.2) is 14.8 Å². The van der Waals surface area contributed by atoms with E-state index in [1.807, 2.05) is 23.1 Å². The zero-order valence-corrected chi connectivity index (χ0v) is 28.3. The molecule has 12 nitrogen and oxygen atoms in total. The number of amides is 1. The van der Waals surface area contributed by atoms with Crippen LogP contribution >= 0.6 is 0 Å². The van der Waals surface area contributed by atoms with E-state index in [0.717, 1.165) is 30.2 Å². The third-order valence-corrected chi connectivity index (χ3v) is 8.14. The molecular weight excluding hydrogens is 596 g/mol. The maximum Gasteiger partial charge on any atom is 0.343 e. The molecule has 0 bridgehead atoms. The molecule has 2 aromatic heterocycles. The van der Waals surface area contributed by atoms with Crippen LogP contribution in [0, 0.1) is 11.8 Å². The van der Waals surface area contributed by atoms with E-state index in [0.29, 0.717) is 41.2 Å². The molecule has 2 N–H and O–H groups in total. The number of carbonyl (C=O) groups excluding carboxylic acids is 2. The van der Waals surface area contributed by atoms with Crippen molar-refractivity contribution in [2.75, 3.05) is 61.3 Å². The average Bonchev–Trinajstić information content (AvgIpc) is 3.26. The summed E-state index contributed by atoms with van der Waals surface area (Å²) >= 11 is 0. The summed E-state index contributed by atoms with van der Waals surface area (Å²) in [5, 5.41) is 6.19. The van der Waals surface area contributed by atoms with Gasteiger partial charge in [0.1, 0.15) is 17.0 Å². The fraction of sp³-hybridized carbons (Fsp3) is 0.400. The largest absolute Gasteiger partial charge is 0.494 e. The Bertz CT molecular complexity index is 1770. The van der Waals surface area contributed by atoms with E-state index < -0.39 is 5.97 Å². The molecule has 0 unspecified atom stereocenters. The number of pyridine rings is 1. The second-order valence-electron chi connectivity index (χ2n) is 12.7. The minimum absolute atomic E-state index is 0.220. The van der Waals surface area contributed by atoms with Crippen LogP contribution in [0.1, 0.15) is 56.4 Å². The zero-order valence-electron chi connectivity index (χ0n) is 28.3. The Labute approximate surface area is 276 Å². The Morgan fingerprint density at radius 2 is 1.89 bits per heavy atom. The quantitative estimate of drug-likeness (QED) is 0.180. The molecule has 0 spiro atoms. The number of carbonyl (C=O) groups is 2. The zero-order chi connectivity index (χ0) is 34.0. The molecule has 0 atom stereocenters. The maximum atomic E-state index is 13.3. The topological polar surface area (TPSA) is 125 Å². The number of anilines is 6. The number of benzene rings is 1. The van der Waals surface area contributed by atoms with Crippen LogP contribution in [0.5, 0.6) is 5.75 Å². The molecule has 5 rings (SSSR count). The van der Waals surface area contributed by atoms with Crippen LogP contribution in [-0.4, -0.2) is 84.7 Å². The minimum Gasteiger partial charge on any atom is -0.494 e. The molecular formula is C35H42N8O4. The smallest absolute Gasteiger partial charge is 0.343 e. The van der Waals surface area contributed by atoms with Crippen molar-refractivity contribution in [3.8, 4) is 17.6 Å². The van der Waals surface area contributed by atoms with Crippen molar-refractivity contribution in [1.82, 2.24) is 19.9 Å². The number of hydrogen-bond acceptors (Lipinski definition) is 11. The number of rotatable bonds is 10. The lowest BCUT2D eigenvalue weighted by Gasteiger charge is -2.45. The van der Waals surface area contributed by atoms with Gasteiger partial charge in [-0.3, -0.25) is 4.79 Å². The van der Waals surface area contributed by atoms with E-state index >= 15 is 0 Å². The molecule has 4 heterocycles. The first-order valence-corrected chi connectivity index (χ1v) is 15.5. The van der Waals surface area contributed by atoms with Gasteiger partial charge in [-0.15, -0.1) is 0 Å². The van der Waals surface area contributed by atoms with Crippen molar-refractivity contribution < 1.29 is 19.1 Å². The molecule has 246 valence electrons. The van der Waals surface area contributed by atoms with Crippen LogP contribution < -0.4 is 25.2 Å². The fourth-order valence-electron chi connectivity index (χ4n) is 5.65. The van der Waals surface area contributed by atoms with Gasteiger partial charge >= 0.3 is 5.97 Å². The molecule has 12 heteroatoms. The predicted octanol–water partition coefficient (Wildman–Crippen LogP) is 4.86. The van der Waals surface area contributed by atoms with Crippen molar-refractivity contribution >= 4 is 46.4 Å². The van der Waals surface area contributed by atoms with Gasteiger partial charge in [0.15, 0.2) is 5.82 Å². The standard InChI is InChI=1S/C35H42N8O4/c1-10-12-22-13-14-27-31(37-22)35(5,6)20-43(27)32-24(33(45)47-21(3)4)17-36-34(40-32)39-26-15-25(38-30(44)11-2)28(16-29(26)46-9)42-18-23(19-42)41(7)8/h11,13-17,21,23H,2,18-20H2,1,3-9H3,(H,38,44)(H,36,39,40). The maximum absolute atomic E-state index is 13.3. The number of nitrogens with zero attached hydrogens (tertiary/aromatic N) is 6. The van der Waals surface area contributed by atoms with E-state index in [1.165, 1.54) is 12.3 Å². The molecule has 2 aliphatic heterocycles. The molecule has 1 fully saturated rings. The van der Waals surface area contributed by atoms with Gasteiger partial charge in [0.25, 0.3) is 0 Å². The average molecular weight is 639 g/mol. The molecule has 1 saturated heterocycles. The number of aromatic nitrogens is 3. The van der Waals surface area contributed by atoms with Crippen molar-refractivity contribution in [3.63, 3.8) is 0 Å². The van der Waals surface area contributed by atoms with Crippen molar-refractivity contribution in [2.45, 2.75) is 52.2 Å². The SMILES string of the molecule is C=CC(=O)Nc1cc(Nc2ncc(C(=O)OC(C)C)c(N3CC(C)(C)c4nc(C#CC)ccc43)n2)c(OC)cc1N1CC(N(C)C)C1. The minimum atomic E-state index is -0.531. The van der Waals surface area contributed by atoms with E-state index in [9.17, 15) is 9.59 Å². The third-order valence-electron chi connectivity index (χ3n) is 8.14. The summed E-state index contributed by atoms with van der Waals surface area (Å²) in [6, 6.07) is 7.88. The van der Waals surface area contributed by atoms with Gasteiger partial charge < -0.3 is 34.8 Å². The highest BCUT2D eigenvalue weighted by molar-refractivity contribution is 6.02. The summed E-state index contributed by atoms with van der Waals surface area (Å²) in [5.74, 6) is 6.20. The van der Waals surface area contributed by atoms with Gasteiger partial charge in [0.2, 0.25) is 11.9 Å². The van der Waals surface area contributed by atoms with Crippen LogP contribution in [0.2, 0.25) is 0 Å². The summed E-state index contributed by atoms with van der Waals surface area (Å²) in [6.45, 7) is 15.3. The number of hydrogen-bond donors (Lipinski definition) is 2. The highest BCUT2D eigenvalue weighted by Crippen LogP contribution is 2.45. The summed E-state index contributed by atoms with van der Waals surface area (Å²) in [4.78, 5) is 46.3. The first kappa shape index (κ1) is 33.2. The lowest BCUT2D eigenvalue weighted by atomic mass is 9.91. The molecule has 3 aromatic rings. The molecule has 2 aliphatic rings. The lowest BCUT2D eigenvalue weighted by molar-refractivity contribution is -0.111. The van der Waals surface area contributed by atoms with Crippen LogP contribution in [-0.2, 0) is 14.9 Å². The molecule has 1 amide bonds. The Hall–Kier alpha value is -5.15. The summed E-state index contributed by atoms with van der Waals surface area (Å²) in [5.41, 5.74) is 4.15. The van der Waals surface area contributed by atoms with Gasteiger partial charge in [-0.2, -0.15) is 4.98 Å². The Morgan fingerprint density at radius 1 is 1.15 bits per heavy atom. The van der Waals surface area contributed by atoms with Gasteiger partial charge in [-0.1, -0.05) is 26.3 Å². The van der Waals surface area contributed by atoms with E-state index in [2.05, 4.69) is 71.8 Å². The van der Waals surface area contributed by atoms with Crippen LogP contribution in [0.3, 0.4) is 0 Å². The molecule has 1 aromatic carbocycles. The lowest BCUT2D eigenvalue weighted by Crippen LogP contribution is -2.57. The molecule has 47 heavy (non-hydrogen) atoms. The van der Waals surface area contributed by atoms with Crippen LogP contribution in [0.15, 0.2) is 43.1 Å². The number of fused-ring (bicyclic) bond motifs is 1. The first-order valence-electron chi connectivity index (χ1n) is 15.5. The Morgan fingerprint density at radius 3 is 2.53 bits per heavy atom. The Balaban J connectivity index is 1.57. The number of likely N-dealkylation sites (N-methyl/N-ethyl adjacent to an activating group) is 1. The first-order chi connectivity index (χ1) is 22.3. The van der Waals surface area contributed by atoms with Crippen molar-refractivity contribution in [2.24, 2.45) is 0 Å². The molecule has 0 aliphatic carbocycles. The van der Waals surface area contributed by atoms with Crippen LogP contribution in [0.25, 0.3) is 0 Å². The normalized spacial score (nSPS) is 15.0. The van der Waals surface area contributed by atoms with Gasteiger partial charge in [0.05, 0.1) is 41.7 Å². The van der Waals surface area contributed by atoms with E-state index in [-0.39, 0.29) is 28.9 Å². The monoisotopic (exact) mass is 638 g/mol. The molecule has 0 radical (unpaired) electrons.